The highest BCUT2D eigenvalue weighted by Crippen LogP contribution is 2.78. The van der Waals surface area contributed by atoms with Crippen molar-refractivity contribution in [1.82, 2.24) is 0 Å². The second-order valence-corrected chi connectivity index (χ2v) is 13.3. The van der Waals surface area contributed by atoms with E-state index in [0.717, 1.165) is 24.8 Å². The minimum atomic E-state index is -5.66. The highest BCUT2D eigenvalue weighted by atomic mass is 32.3. The van der Waals surface area contributed by atoms with Crippen LogP contribution in [0.1, 0.15) is 45.6 Å². The average Bonchev–Trinajstić information content (AvgIpc) is 2.69. The molecule has 4 atom stereocenters. The maximum absolute atomic E-state index is 13.2. The molecule has 2 bridgehead atoms. The van der Waals surface area contributed by atoms with E-state index in [1.165, 1.54) is 0 Å². The molecule has 26 heavy (non-hydrogen) atoms. The van der Waals surface area contributed by atoms with E-state index in [2.05, 4.69) is 0 Å². The molecule has 1 saturated heterocycles. The van der Waals surface area contributed by atoms with Crippen LogP contribution >= 0.6 is 10.3 Å². The third kappa shape index (κ3) is 3.07. The summed E-state index contributed by atoms with van der Waals surface area (Å²) in [7, 11) is -8.22. The van der Waals surface area contributed by atoms with E-state index in [0.29, 0.717) is 0 Å². The van der Waals surface area contributed by atoms with E-state index in [4.69, 9.17) is 3.63 Å². The van der Waals surface area contributed by atoms with Crippen LogP contribution in [-0.2, 0) is 19.5 Å². The Morgan fingerprint density at radius 3 is 2.38 bits per heavy atom. The fraction of sp³-hybridized carbons (Fsp3) is 0.667. The van der Waals surface area contributed by atoms with Crippen LogP contribution in [0.2, 0.25) is 0 Å². The van der Waals surface area contributed by atoms with E-state index < -0.39 is 30.7 Å². The standard InChI is InChI=1S/C18H25F3O3S2/c1-13-9-10-15-11-16(13)25(17(15,2)3,12-14-7-5-4-6-8-14)24-26(22,23)18(19,20)21/h4-8,13,15-16H,9-12H2,1-3H3. The van der Waals surface area contributed by atoms with Crippen LogP contribution in [0.25, 0.3) is 0 Å². The topological polar surface area (TPSA) is 43.4 Å². The lowest BCUT2D eigenvalue weighted by Crippen LogP contribution is -2.39. The molecule has 2 aliphatic rings. The predicted octanol–water partition coefficient (Wildman–Crippen LogP) is 5.37. The van der Waals surface area contributed by atoms with E-state index in [1.807, 2.05) is 51.1 Å². The van der Waals surface area contributed by atoms with Gasteiger partial charge in [-0.05, 0) is 50.5 Å². The lowest BCUT2D eigenvalue weighted by atomic mass is 9.78. The average molecular weight is 411 g/mol. The molecule has 1 heterocycles. The van der Waals surface area contributed by atoms with Crippen LogP contribution in [-0.4, -0.2) is 23.9 Å². The van der Waals surface area contributed by atoms with Gasteiger partial charge in [0, 0.05) is 15.7 Å². The molecule has 0 N–H and O–H groups in total. The van der Waals surface area contributed by atoms with Crippen molar-refractivity contribution in [2.24, 2.45) is 11.8 Å². The van der Waals surface area contributed by atoms with E-state index in [9.17, 15) is 21.6 Å². The van der Waals surface area contributed by atoms with Crippen LogP contribution in [0.4, 0.5) is 13.2 Å². The highest BCUT2D eigenvalue weighted by molar-refractivity contribution is 8.34. The molecule has 1 aromatic rings. The molecule has 1 aromatic carbocycles. The molecule has 1 saturated carbocycles. The maximum atomic E-state index is 13.2. The van der Waals surface area contributed by atoms with Crippen molar-refractivity contribution in [2.75, 3.05) is 0 Å². The number of rotatable bonds is 4. The number of hydrogen-bond donors (Lipinski definition) is 0. The van der Waals surface area contributed by atoms with Crippen LogP contribution < -0.4 is 0 Å². The van der Waals surface area contributed by atoms with Crippen molar-refractivity contribution < 1.29 is 25.2 Å². The molecule has 3 rings (SSSR count). The van der Waals surface area contributed by atoms with Crippen molar-refractivity contribution in [1.29, 1.82) is 0 Å². The summed E-state index contributed by atoms with van der Waals surface area (Å²) in [5, 5.41) is -0.145. The molecule has 1 aliphatic carbocycles. The predicted molar refractivity (Wildman–Crippen MR) is 98.2 cm³/mol. The molecule has 0 amide bonds. The molecular formula is C18H25F3O3S2. The van der Waals surface area contributed by atoms with Gasteiger partial charge in [-0.2, -0.15) is 21.6 Å². The quantitative estimate of drug-likeness (QED) is 0.627. The van der Waals surface area contributed by atoms with Crippen molar-refractivity contribution >= 4 is 20.4 Å². The SMILES string of the molecule is CC1CCC2CC1S(Cc1ccccc1)(OS(=O)(=O)C(F)(F)F)C2(C)C. The minimum absolute atomic E-state index is 0.145. The number of hydrogen-bond acceptors (Lipinski definition) is 3. The summed E-state index contributed by atoms with van der Waals surface area (Å²) in [6.07, 6.45) is 2.55. The summed E-state index contributed by atoms with van der Waals surface area (Å²) < 4.78 is 68.4. The second-order valence-electron chi connectivity index (χ2n) is 7.95. The van der Waals surface area contributed by atoms with Gasteiger partial charge < -0.3 is 0 Å². The van der Waals surface area contributed by atoms with Gasteiger partial charge in [0.15, 0.2) is 0 Å². The largest absolute Gasteiger partial charge is 0.523 e. The van der Waals surface area contributed by atoms with Gasteiger partial charge in [-0.25, -0.2) is 3.63 Å². The Bertz CT molecular complexity index is 762. The van der Waals surface area contributed by atoms with Gasteiger partial charge in [-0.1, -0.05) is 37.3 Å². The van der Waals surface area contributed by atoms with Crippen molar-refractivity contribution in [3.63, 3.8) is 0 Å². The Balaban J connectivity index is 2.13. The molecule has 148 valence electrons. The molecule has 0 radical (unpaired) electrons. The van der Waals surface area contributed by atoms with Gasteiger partial charge in [-0.15, -0.1) is 10.3 Å². The molecule has 1 aliphatic heterocycles. The van der Waals surface area contributed by atoms with Crippen LogP contribution in [0, 0.1) is 11.8 Å². The third-order valence-electron chi connectivity index (χ3n) is 6.20. The summed E-state index contributed by atoms with van der Waals surface area (Å²) in [6.45, 7) is 5.82. The molecule has 0 aromatic heterocycles. The van der Waals surface area contributed by atoms with E-state index in [-0.39, 0.29) is 22.8 Å². The van der Waals surface area contributed by atoms with Crippen molar-refractivity contribution in [2.45, 2.75) is 61.3 Å². The van der Waals surface area contributed by atoms with Gasteiger partial charge in [0.2, 0.25) is 0 Å². The Labute approximate surface area is 155 Å². The molecule has 8 heteroatoms. The van der Waals surface area contributed by atoms with Gasteiger partial charge in [0.1, 0.15) is 0 Å². The maximum Gasteiger partial charge on any atom is 0.523 e. The van der Waals surface area contributed by atoms with E-state index in [1.54, 1.807) is 0 Å². The number of benzene rings is 1. The molecule has 3 nitrogen and oxygen atoms in total. The Hall–Kier alpha value is -0.730. The zero-order valence-electron chi connectivity index (χ0n) is 15.1. The highest BCUT2D eigenvalue weighted by Gasteiger charge is 2.64. The fourth-order valence-corrected chi connectivity index (χ4v) is 11.7. The van der Waals surface area contributed by atoms with Gasteiger partial charge in [-0.3, -0.25) is 0 Å². The van der Waals surface area contributed by atoms with Crippen LogP contribution in [0.3, 0.4) is 0 Å². The molecule has 2 fully saturated rings. The molecule has 4 unspecified atom stereocenters. The number of alkyl halides is 3. The van der Waals surface area contributed by atoms with Gasteiger partial charge in [0.05, 0.1) is 0 Å². The first kappa shape index (κ1) is 20.0. The first-order valence-electron chi connectivity index (χ1n) is 8.76. The van der Waals surface area contributed by atoms with Crippen LogP contribution in [0.15, 0.2) is 30.3 Å². The zero-order chi connectivity index (χ0) is 19.4. The van der Waals surface area contributed by atoms with Crippen molar-refractivity contribution in [3.8, 4) is 0 Å². The second kappa shape index (κ2) is 6.41. The summed E-state index contributed by atoms with van der Waals surface area (Å²) in [5.74, 6) is 0.572. The molecular weight excluding hydrogens is 385 g/mol. The van der Waals surface area contributed by atoms with E-state index >= 15 is 0 Å². The summed E-state index contributed by atoms with van der Waals surface area (Å²) >= 11 is 0. The molecule has 0 spiro atoms. The third-order valence-corrected chi connectivity index (χ3v) is 13.0. The number of halogens is 3. The van der Waals surface area contributed by atoms with Crippen LogP contribution in [0.5, 0.6) is 0 Å². The Morgan fingerprint density at radius 2 is 1.81 bits per heavy atom. The zero-order valence-corrected chi connectivity index (χ0v) is 16.8. The normalized spacial score (nSPS) is 36.5. The summed E-state index contributed by atoms with van der Waals surface area (Å²) in [4.78, 5) is 0. The number of fused-ring (bicyclic) bond motifs is 2. The fourth-order valence-electron chi connectivity index (χ4n) is 4.59. The summed E-state index contributed by atoms with van der Waals surface area (Å²) in [6, 6.07) is 9.14. The first-order valence-corrected chi connectivity index (χ1v) is 12.0. The monoisotopic (exact) mass is 410 g/mol. The Morgan fingerprint density at radius 1 is 1.19 bits per heavy atom. The smallest absolute Gasteiger partial charge is 0.212 e. The first-order chi connectivity index (χ1) is 11.9. The van der Waals surface area contributed by atoms with Gasteiger partial charge >= 0.3 is 15.6 Å². The van der Waals surface area contributed by atoms with Gasteiger partial charge in [0.25, 0.3) is 0 Å². The summed E-state index contributed by atoms with van der Waals surface area (Å²) in [5.41, 5.74) is -4.58. The van der Waals surface area contributed by atoms with Crippen molar-refractivity contribution in [3.05, 3.63) is 35.9 Å². The minimum Gasteiger partial charge on any atom is -0.212 e. The lowest BCUT2D eigenvalue weighted by molar-refractivity contribution is -0.0497. The Kier molecular flexibility index (Phi) is 4.94. The lowest BCUT2D eigenvalue weighted by Gasteiger charge is -2.50.